The van der Waals surface area contributed by atoms with Crippen LogP contribution in [0.3, 0.4) is 0 Å². The minimum Gasteiger partial charge on any atom is -0.479 e. The van der Waals surface area contributed by atoms with Crippen molar-refractivity contribution < 1.29 is 29.3 Å². The molecule has 1 aliphatic rings. The largest absolute Gasteiger partial charge is 0.479 e. The van der Waals surface area contributed by atoms with Crippen LogP contribution in [0, 0.1) is 0 Å². The molecular weight excluding hydrogens is 420 g/mol. The minimum atomic E-state index is -1.10. The van der Waals surface area contributed by atoms with Gasteiger partial charge in [-0.05, 0) is 54.1 Å². The molecule has 9 heteroatoms. The molecule has 0 aromatic heterocycles. The monoisotopic (exact) mass is 440 g/mol. The summed E-state index contributed by atoms with van der Waals surface area (Å²) in [5.74, 6) is -2.04. The summed E-state index contributed by atoms with van der Waals surface area (Å²) in [6.07, 6.45) is 1.02. The molecule has 0 aliphatic carbocycles. The highest BCUT2D eigenvalue weighted by atomic mass is 32.2. The number of carboxylic acids is 2. The lowest BCUT2D eigenvalue weighted by atomic mass is 10.2. The number of benzene rings is 2. The SMILES string of the molecule is CCC(Oc1cccc(/C=C2\SC(=Nc3ccccc3C(=O)O)N(C)C2=O)c1)C(=O)O. The van der Waals surface area contributed by atoms with Gasteiger partial charge in [0.1, 0.15) is 5.75 Å². The van der Waals surface area contributed by atoms with Gasteiger partial charge in [-0.2, -0.15) is 0 Å². The summed E-state index contributed by atoms with van der Waals surface area (Å²) < 4.78 is 5.50. The van der Waals surface area contributed by atoms with Crippen molar-refractivity contribution >= 4 is 46.5 Å². The van der Waals surface area contributed by atoms with E-state index in [1.54, 1.807) is 62.5 Å². The number of carboxylic acid groups (broad SMARTS) is 2. The van der Waals surface area contributed by atoms with Crippen molar-refractivity contribution in [1.29, 1.82) is 0 Å². The Hall–Kier alpha value is -3.59. The second-order valence-electron chi connectivity index (χ2n) is 6.62. The van der Waals surface area contributed by atoms with E-state index in [-0.39, 0.29) is 17.2 Å². The van der Waals surface area contributed by atoms with Crippen molar-refractivity contribution in [2.75, 3.05) is 7.05 Å². The predicted molar refractivity (Wildman–Crippen MR) is 118 cm³/mol. The second-order valence-corrected chi connectivity index (χ2v) is 7.63. The lowest BCUT2D eigenvalue weighted by Crippen LogP contribution is -2.25. The highest BCUT2D eigenvalue weighted by molar-refractivity contribution is 8.18. The van der Waals surface area contributed by atoms with Gasteiger partial charge < -0.3 is 14.9 Å². The van der Waals surface area contributed by atoms with E-state index in [1.165, 1.54) is 11.0 Å². The van der Waals surface area contributed by atoms with Crippen LogP contribution in [0.2, 0.25) is 0 Å². The lowest BCUT2D eigenvalue weighted by molar-refractivity contribution is -0.145. The molecular formula is C22H20N2O6S. The molecule has 0 radical (unpaired) electrons. The van der Waals surface area contributed by atoms with Gasteiger partial charge in [-0.15, -0.1) is 0 Å². The van der Waals surface area contributed by atoms with Crippen molar-refractivity contribution in [3.8, 4) is 5.75 Å². The number of amides is 1. The summed E-state index contributed by atoms with van der Waals surface area (Å²) in [6.45, 7) is 1.72. The normalized spacial score (nSPS) is 17.2. The first kappa shape index (κ1) is 22.1. The Bertz CT molecular complexity index is 1090. The Balaban J connectivity index is 1.87. The number of aliphatic imine (C=N–C) groups is 1. The number of hydrogen-bond donors (Lipinski definition) is 2. The number of ether oxygens (including phenoxy) is 1. The van der Waals surface area contributed by atoms with Gasteiger partial charge in [-0.3, -0.25) is 9.69 Å². The van der Waals surface area contributed by atoms with Gasteiger partial charge in [0.15, 0.2) is 11.3 Å². The number of aliphatic carboxylic acids is 1. The predicted octanol–water partition coefficient (Wildman–Crippen LogP) is 3.86. The number of hydrogen-bond acceptors (Lipinski definition) is 6. The van der Waals surface area contributed by atoms with Gasteiger partial charge >= 0.3 is 11.9 Å². The molecule has 31 heavy (non-hydrogen) atoms. The lowest BCUT2D eigenvalue weighted by Gasteiger charge is -2.13. The van der Waals surface area contributed by atoms with Crippen LogP contribution in [0.5, 0.6) is 5.75 Å². The van der Waals surface area contributed by atoms with E-state index in [0.717, 1.165) is 11.8 Å². The van der Waals surface area contributed by atoms with Gasteiger partial charge in [0.25, 0.3) is 5.91 Å². The number of rotatable bonds is 7. The van der Waals surface area contributed by atoms with Crippen molar-refractivity contribution in [2.45, 2.75) is 19.4 Å². The quantitative estimate of drug-likeness (QED) is 0.628. The van der Waals surface area contributed by atoms with Crippen molar-refractivity contribution in [2.24, 2.45) is 4.99 Å². The zero-order valence-electron chi connectivity index (χ0n) is 16.8. The van der Waals surface area contributed by atoms with Crippen molar-refractivity contribution in [3.05, 3.63) is 64.6 Å². The van der Waals surface area contributed by atoms with Gasteiger partial charge in [0.05, 0.1) is 16.2 Å². The molecule has 1 unspecified atom stereocenters. The molecule has 160 valence electrons. The zero-order valence-corrected chi connectivity index (χ0v) is 17.6. The van der Waals surface area contributed by atoms with Gasteiger partial charge in [0, 0.05) is 7.05 Å². The molecule has 1 heterocycles. The summed E-state index contributed by atoms with van der Waals surface area (Å²) in [4.78, 5) is 41.4. The number of amidine groups is 1. The van der Waals surface area contributed by atoms with E-state index in [9.17, 15) is 19.5 Å². The number of likely N-dealkylation sites (N-methyl/N-ethyl adjacent to an activating group) is 1. The fraction of sp³-hybridized carbons (Fsp3) is 0.182. The van der Waals surface area contributed by atoms with Crippen molar-refractivity contribution in [1.82, 2.24) is 4.90 Å². The fourth-order valence-corrected chi connectivity index (χ4v) is 3.79. The Kier molecular flexibility index (Phi) is 6.76. The van der Waals surface area contributed by atoms with Gasteiger partial charge in [-0.1, -0.05) is 31.2 Å². The smallest absolute Gasteiger partial charge is 0.344 e. The molecule has 3 rings (SSSR count). The molecule has 2 N–H and O–H groups in total. The van der Waals surface area contributed by atoms with Crippen LogP contribution in [0.1, 0.15) is 29.3 Å². The van der Waals surface area contributed by atoms with E-state index in [4.69, 9.17) is 9.84 Å². The molecule has 1 aliphatic heterocycles. The number of aromatic carboxylic acids is 1. The van der Waals surface area contributed by atoms with E-state index in [1.807, 2.05) is 0 Å². The number of carbonyl (C=O) groups excluding carboxylic acids is 1. The fourth-order valence-electron chi connectivity index (χ4n) is 2.81. The Morgan fingerprint density at radius 2 is 1.94 bits per heavy atom. The van der Waals surface area contributed by atoms with Crippen LogP contribution in [-0.4, -0.2) is 51.3 Å². The van der Waals surface area contributed by atoms with Gasteiger partial charge in [-0.25, -0.2) is 14.6 Å². The van der Waals surface area contributed by atoms with E-state index in [0.29, 0.717) is 27.8 Å². The van der Waals surface area contributed by atoms with E-state index >= 15 is 0 Å². The zero-order chi connectivity index (χ0) is 22.5. The molecule has 8 nitrogen and oxygen atoms in total. The van der Waals surface area contributed by atoms with Crippen LogP contribution in [0.15, 0.2) is 58.4 Å². The second kappa shape index (κ2) is 9.48. The number of thioether (sulfide) groups is 1. The molecule has 1 fully saturated rings. The minimum absolute atomic E-state index is 0.0441. The maximum absolute atomic E-state index is 12.7. The molecule has 0 bridgehead atoms. The van der Waals surface area contributed by atoms with Crippen LogP contribution in [-0.2, 0) is 9.59 Å². The summed E-state index contributed by atoms with van der Waals surface area (Å²) in [6, 6.07) is 13.1. The molecule has 2 aromatic carbocycles. The highest BCUT2D eigenvalue weighted by Gasteiger charge is 2.30. The average molecular weight is 440 g/mol. The highest BCUT2D eigenvalue weighted by Crippen LogP contribution is 2.34. The molecule has 1 atom stereocenters. The Labute approximate surface area is 182 Å². The number of carbonyl (C=O) groups is 3. The molecule has 0 saturated carbocycles. The maximum Gasteiger partial charge on any atom is 0.344 e. The summed E-state index contributed by atoms with van der Waals surface area (Å²) in [7, 11) is 1.57. The first-order valence-electron chi connectivity index (χ1n) is 9.38. The standard InChI is InChI=1S/C22H20N2O6S/c1-3-17(21(28)29)30-14-8-6-7-13(11-14)12-18-19(25)24(2)22(31-18)23-16-10-5-4-9-15(16)20(26)27/h4-12,17H,3H2,1-2H3,(H,26,27)(H,28,29)/b18-12-,23-22?. The number of para-hydroxylation sites is 1. The van der Waals surface area contributed by atoms with Crippen molar-refractivity contribution in [3.63, 3.8) is 0 Å². The first-order valence-corrected chi connectivity index (χ1v) is 10.2. The average Bonchev–Trinajstić information content (AvgIpc) is 3.00. The van der Waals surface area contributed by atoms with Crippen LogP contribution in [0.25, 0.3) is 6.08 Å². The molecule has 0 spiro atoms. The van der Waals surface area contributed by atoms with Crippen LogP contribution in [0.4, 0.5) is 5.69 Å². The Morgan fingerprint density at radius 3 is 2.61 bits per heavy atom. The molecule has 1 saturated heterocycles. The number of nitrogens with zero attached hydrogens (tertiary/aromatic N) is 2. The maximum atomic E-state index is 12.7. The summed E-state index contributed by atoms with van der Waals surface area (Å²) >= 11 is 1.13. The van der Waals surface area contributed by atoms with Crippen LogP contribution < -0.4 is 4.74 Å². The third kappa shape index (κ3) is 5.13. The third-order valence-electron chi connectivity index (χ3n) is 4.43. The molecule has 2 aromatic rings. The third-order valence-corrected chi connectivity index (χ3v) is 5.49. The summed E-state index contributed by atoms with van der Waals surface area (Å²) in [5, 5.41) is 18.8. The topological polar surface area (TPSA) is 117 Å². The molecule has 1 amide bonds. The van der Waals surface area contributed by atoms with E-state index in [2.05, 4.69) is 4.99 Å². The Morgan fingerprint density at radius 1 is 1.19 bits per heavy atom. The summed E-state index contributed by atoms with van der Waals surface area (Å²) in [5.41, 5.74) is 0.963. The van der Waals surface area contributed by atoms with Gasteiger partial charge in [0.2, 0.25) is 0 Å². The van der Waals surface area contributed by atoms with Crippen LogP contribution >= 0.6 is 11.8 Å². The van der Waals surface area contributed by atoms with E-state index < -0.39 is 18.0 Å². The first-order chi connectivity index (χ1) is 14.8.